The zero-order valence-electron chi connectivity index (χ0n) is 14.1. The Kier molecular flexibility index (Phi) is 6.48. The number of nitrogens with two attached hydrogens (primary N) is 1. The number of hydrogen-bond donors (Lipinski definition) is 1. The number of halogens is 4. The van der Waals surface area contributed by atoms with Crippen molar-refractivity contribution >= 4 is 62.2 Å². The number of ketones is 1. The molecule has 0 atom stereocenters. The number of anilines is 1. The van der Waals surface area contributed by atoms with Crippen molar-refractivity contribution in [3.05, 3.63) is 79.2 Å². The highest BCUT2D eigenvalue weighted by atomic mass is 79.9. The van der Waals surface area contributed by atoms with Gasteiger partial charge in [0.15, 0.2) is 10.5 Å². The van der Waals surface area contributed by atoms with Crippen molar-refractivity contribution in [1.29, 1.82) is 0 Å². The predicted molar refractivity (Wildman–Crippen MR) is 114 cm³/mol. The first-order valence-electron chi connectivity index (χ1n) is 8.03. The Balaban J connectivity index is 1.69. The van der Waals surface area contributed by atoms with Crippen molar-refractivity contribution < 1.29 is 4.79 Å². The first kappa shape index (κ1) is 20.2. The minimum Gasteiger partial charge on any atom is -0.398 e. The van der Waals surface area contributed by atoms with E-state index >= 15 is 0 Å². The summed E-state index contributed by atoms with van der Waals surface area (Å²) in [4.78, 5) is 16.9. The molecule has 27 heavy (non-hydrogen) atoms. The summed E-state index contributed by atoms with van der Waals surface area (Å²) in [5.41, 5.74) is 8.90. The molecule has 0 bridgehead atoms. The second-order valence-electron chi connectivity index (χ2n) is 6.10. The Morgan fingerprint density at radius 1 is 1.07 bits per heavy atom. The van der Waals surface area contributed by atoms with Crippen LogP contribution < -0.4 is 5.73 Å². The number of benzene rings is 2. The molecule has 3 rings (SSSR count). The molecular weight excluding hydrogens is 472 g/mol. The van der Waals surface area contributed by atoms with Gasteiger partial charge in [-0.15, -0.1) is 0 Å². The van der Waals surface area contributed by atoms with Gasteiger partial charge in [0, 0.05) is 39.8 Å². The first-order valence-corrected chi connectivity index (χ1v) is 9.95. The fraction of sp³-hybridized carbons (Fsp3) is 0.158. The Morgan fingerprint density at radius 3 is 2.41 bits per heavy atom. The normalized spacial score (nSPS) is 11.0. The molecule has 2 aromatic carbocycles. The van der Waals surface area contributed by atoms with Crippen LogP contribution in [0, 0.1) is 0 Å². The topological polar surface area (TPSA) is 60.9 Å². The molecule has 140 valence electrons. The highest BCUT2D eigenvalue weighted by molar-refractivity contribution is 9.10. The minimum atomic E-state index is 0.0122. The van der Waals surface area contributed by atoms with E-state index in [1.54, 1.807) is 34.9 Å². The van der Waals surface area contributed by atoms with E-state index in [-0.39, 0.29) is 18.7 Å². The number of imidazole rings is 1. The molecule has 0 spiro atoms. The van der Waals surface area contributed by atoms with Gasteiger partial charge in [0.1, 0.15) is 0 Å². The van der Waals surface area contributed by atoms with E-state index in [4.69, 9.17) is 40.5 Å². The van der Waals surface area contributed by atoms with Crippen LogP contribution >= 0.6 is 50.7 Å². The second-order valence-corrected chi connectivity index (χ2v) is 8.09. The van der Waals surface area contributed by atoms with Gasteiger partial charge in [0.25, 0.3) is 0 Å². The number of rotatable bonds is 6. The van der Waals surface area contributed by atoms with Gasteiger partial charge in [-0.05, 0) is 51.3 Å². The third-order valence-electron chi connectivity index (χ3n) is 4.01. The Bertz CT molecular complexity index is 1000. The minimum absolute atomic E-state index is 0.0122. The molecule has 2 N–H and O–H groups in total. The number of nitrogen functional groups attached to an aromatic ring is 1. The Hall–Kier alpha value is -1.53. The lowest BCUT2D eigenvalue weighted by Crippen LogP contribution is -2.13. The first-order chi connectivity index (χ1) is 12.8. The third-order valence-corrected chi connectivity index (χ3v) is 5.46. The maximum Gasteiger partial charge on any atom is 0.177 e. The smallest absolute Gasteiger partial charge is 0.177 e. The number of carbonyl (C=O) groups excluding carboxylic acids is 1. The maximum atomic E-state index is 12.4. The van der Waals surface area contributed by atoms with Gasteiger partial charge >= 0.3 is 0 Å². The number of nitrogens with zero attached hydrogens (tertiary/aromatic N) is 2. The molecule has 1 heterocycles. The Labute approximate surface area is 180 Å². The van der Waals surface area contributed by atoms with Crippen LogP contribution in [0.3, 0.4) is 0 Å². The standard InChI is InChI=1S/C19H15BrCl3N3O/c20-19-25-15(5-11-1-3-13(21)7-17(11)23)9-26(19)10-16(27)6-12-2-4-14(22)8-18(12)24/h1-4,7-9H,5-6,10,24H2. The molecule has 0 fully saturated rings. The molecule has 1 aromatic heterocycles. The van der Waals surface area contributed by atoms with Crippen LogP contribution in [0.2, 0.25) is 15.1 Å². The lowest BCUT2D eigenvalue weighted by atomic mass is 10.1. The summed E-state index contributed by atoms with van der Waals surface area (Å²) in [6, 6.07) is 10.5. The monoisotopic (exact) mass is 485 g/mol. The van der Waals surface area contributed by atoms with E-state index in [1.807, 2.05) is 12.3 Å². The highest BCUT2D eigenvalue weighted by Crippen LogP contribution is 2.24. The molecule has 4 nitrogen and oxygen atoms in total. The summed E-state index contributed by atoms with van der Waals surface area (Å²) < 4.78 is 2.34. The summed E-state index contributed by atoms with van der Waals surface area (Å²) >= 11 is 21.4. The average molecular weight is 488 g/mol. The number of hydrogen-bond acceptors (Lipinski definition) is 3. The van der Waals surface area contributed by atoms with Crippen LogP contribution in [0.1, 0.15) is 16.8 Å². The van der Waals surface area contributed by atoms with Crippen LogP contribution in [0.4, 0.5) is 5.69 Å². The molecule has 8 heteroatoms. The fourth-order valence-electron chi connectivity index (χ4n) is 2.69. The maximum absolute atomic E-state index is 12.4. The van der Waals surface area contributed by atoms with E-state index in [9.17, 15) is 4.79 Å². The summed E-state index contributed by atoms with van der Waals surface area (Å²) in [5, 5.41) is 1.72. The Morgan fingerprint density at radius 2 is 1.74 bits per heavy atom. The molecule has 0 radical (unpaired) electrons. The van der Waals surface area contributed by atoms with Crippen molar-refractivity contribution in [2.45, 2.75) is 19.4 Å². The number of aromatic nitrogens is 2. The average Bonchev–Trinajstić information content (AvgIpc) is 2.92. The lowest BCUT2D eigenvalue weighted by Gasteiger charge is -2.07. The molecule has 0 aliphatic rings. The van der Waals surface area contributed by atoms with Crippen LogP contribution in [-0.4, -0.2) is 15.3 Å². The van der Waals surface area contributed by atoms with Gasteiger partial charge in [-0.3, -0.25) is 4.79 Å². The molecule has 0 aliphatic heterocycles. The van der Waals surface area contributed by atoms with Crippen molar-refractivity contribution in [1.82, 2.24) is 9.55 Å². The molecule has 0 aliphatic carbocycles. The molecule has 3 aromatic rings. The van der Waals surface area contributed by atoms with E-state index in [2.05, 4.69) is 20.9 Å². The van der Waals surface area contributed by atoms with Crippen LogP contribution in [0.5, 0.6) is 0 Å². The van der Waals surface area contributed by atoms with Crippen LogP contribution in [0.25, 0.3) is 0 Å². The zero-order valence-corrected chi connectivity index (χ0v) is 17.9. The fourth-order valence-corrected chi connectivity index (χ4v) is 3.80. The lowest BCUT2D eigenvalue weighted by molar-refractivity contribution is -0.119. The summed E-state index contributed by atoms with van der Waals surface area (Å²) in [7, 11) is 0. The predicted octanol–water partition coefficient (Wildman–Crippen LogP) is 5.59. The van der Waals surface area contributed by atoms with Gasteiger partial charge in [0.05, 0.1) is 12.2 Å². The van der Waals surface area contributed by atoms with Gasteiger partial charge in [-0.25, -0.2) is 4.98 Å². The van der Waals surface area contributed by atoms with Gasteiger partial charge in [0.2, 0.25) is 0 Å². The van der Waals surface area contributed by atoms with Crippen molar-refractivity contribution in [2.24, 2.45) is 0 Å². The quantitative estimate of drug-likeness (QED) is 0.461. The number of carbonyl (C=O) groups is 1. The zero-order chi connectivity index (χ0) is 19.6. The summed E-state index contributed by atoms with van der Waals surface area (Å²) in [6.07, 6.45) is 2.60. The molecule has 0 saturated carbocycles. The SMILES string of the molecule is Nc1cc(Cl)ccc1CC(=O)Cn1cc(Cc2ccc(Cl)cc2Cl)nc1Br. The van der Waals surface area contributed by atoms with E-state index in [0.29, 0.717) is 31.9 Å². The number of Topliss-reactive ketones (excluding diaryl/α,β-unsaturated/α-hetero) is 1. The van der Waals surface area contributed by atoms with E-state index in [1.165, 1.54) is 0 Å². The van der Waals surface area contributed by atoms with Crippen molar-refractivity contribution in [3.63, 3.8) is 0 Å². The molecule has 0 amide bonds. The van der Waals surface area contributed by atoms with Crippen molar-refractivity contribution in [2.75, 3.05) is 5.73 Å². The molecule has 0 saturated heterocycles. The van der Waals surface area contributed by atoms with Crippen LogP contribution in [-0.2, 0) is 24.2 Å². The highest BCUT2D eigenvalue weighted by Gasteiger charge is 2.13. The van der Waals surface area contributed by atoms with Gasteiger partial charge in [-0.2, -0.15) is 0 Å². The van der Waals surface area contributed by atoms with Crippen LogP contribution in [0.15, 0.2) is 47.3 Å². The summed E-state index contributed by atoms with van der Waals surface area (Å²) in [5.74, 6) is 0.0122. The molecular formula is C19H15BrCl3N3O. The van der Waals surface area contributed by atoms with E-state index in [0.717, 1.165) is 16.8 Å². The largest absolute Gasteiger partial charge is 0.398 e. The summed E-state index contributed by atoms with van der Waals surface area (Å²) in [6.45, 7) is 0.185. The van der Waals surface area contributed by atoms with E-state index < -0.39 is 0 Å². The van der Waals surface area contributed by atoms with Crippen molar-refractivity contribution in [3.8, 4) is 0 Å². The van der Waals surface area contributed by atoms with Gasteiger partial charge < -0.3 is 10.3 Å². The second kappa shape index (κ2) is 8.65. The molecule has 0 unspecified atom stereocenters. The van der Waals surface area contributed by atoms with Gasteiger partial charge in [-0.1, -0.05) is 46.9 Å². The third kappa shape index (κ3) is 5.26.